The van der Waals surface area contributed by atoms with E-state index in [-0.39, 0.29) is 0 Å². The monoisotopic (exact) mass is 243 g/mol. The molecular formula is C14H17N3O. The Labute approximate surface area is 107 Å². The van der Waals surface area contributed by atoms with E-state index in [0.717, 1.165) is 25.5 Å². The molecule has 0 bridgehead atoms. The second-order valence-electron chi connectivity index (χ2n) is 5.05. The molecule has 0 spiro atoms. The fourth-order valence-corrected chi connectivity index (χ4v) is 2.29. The minimum absolute atomic E-state index is 0.438. The van der Waals surface area contributed by atoms with Crippen molar-refractivity contribution in [1.29, 1.82) is 0 Å². The van der Waals surface area contributed by atoms with Crippen molar-refractivity contribution >= 4 is 0 Å². The van der Waals surface area contributed by atoms with Crippen molar-refractivity contribution in [3.63, 3.8) is 0 Å². The second-order valence-corrected chi connectivity index (χ2v) is 5.05. The molecule has 0 atom stereocenters. The van der Waals surface area contributed by atoms with Crippen LogP contribution >= 0.6 is 0 Å². The average molecular weight is 243 g/mol. The predicted octanol–water partition coefficient (Wildman–Crippen LogP) is 2.29. The number of aromatic nitrogens is 2. The van der Waals surface area contributed by atoms with Gasteiger partial charge >= 0.3 is 0 Å². The van der Waals surface area contributed by atoms with Gasteiger partial charge in [-0.25, -0.2) is 0 Å². The number of likely N-dealkylation sites (tertiary alicyclic amines) is 1. The van der Waals surface area contributed by atoms with Gasteiger partial charge in [0.2, 0.25) is 5.89 Å². The third-order valence-electron chi connectivity index (χ3n) is 3.39. The molecule has 1 aliphatic rings. The Balaban J connectivity index is 1.55. The van der Waals surface area contributed by atoms with Crippen LogP contribution in [0, 0.1) is 13.8 Å². The van der Waals surface area contributed by atoms with Gasteiger partial charge in [-0.2, -0.15) is 4.98 Å². The highest BCUT2D eigenvalue weighted by Gasteiger charge is 2.31. The largest absolute Gasteiger partial charge is 0.340 e. The Morgan fingerprint density at radius 3 is 2.56 bits per heavy atom. The van der Waals surface area contributed by atoms with Crippen molar-refractivity contribution in [2.45, 2.75) is 26.3 Å². The van der Waals surface area contributed by atoms with E-state index in [1.165, 1.54) is 11.1 Å². The summed E-state index contributed by atoms with van der Waals surface area (Å²) in [4.78, 5) is 6.69. The summed E-state index contributed by atoms with van der Waals surface area (Å²) in [5, 5.41) is 3.98. The third kappa shape index (κ3) is 2.29. The number of aryl methyl sites for hydroxylation is 2. The van der Waals surface area contributed by atoms with E-state index >= 15 is 0 Å². The van der Waals surface area contributed by atoms with Gasteiger partial charge in [0.05, 0.1) is 0 Å². The molecule has 0 aliphatic carbocycles. The molecule has 2 heterocycles. The highest BCUT2D eigenvalue weighted by atomic mass is 16.5. The molecule has 3 rings (SSSR count). The van der Waals surface area contributed by atoms with E-state index < -0.39 is 0 Å². The number of hydrogen-bond acceptors (Lipinski definition) is 4. The lowest BCUT2D eigenvalue weighted by Gasteiger charge is -2.37. The topological polar surface area (TPSA) is 42.2 Å². The molecular weight excluding hydrogens is 226 g/mol. The van der Waals surface area contributed by atoms with Crippen molar-refractivity contribution in [2.24, 2.45) is 0 Å². The van der Waals surface area contributed by atoms with Crippen LogP contribution in [0.25, 0.3) is 0 Å². The molecule has 0 saturated carbocycles. The number of nitrogens with zero attached hydrogens (tertiary/aromatic N) is 3. The zero-order valence-corrected chi connectivity index (χ0v) is 10.8. The van der Waals surface area contributed by atoms with E-state index in [9.17, 15) is 0 Å². The Hall–Kier alpha value is -1.68. The van der Waals surface area contributed by atoms with E-state index in [1.807, 2.05) is 6.92 Å². The zero-order chi connectivity index (χ0) is 12.5. The summed E-state index contributed by atoms with van der Waals surface area (Å²) in [7, 11) is 0. The first-order valence-electron chi connectivity index (χ1n) is 6.29. The Bertz CT molecular complexity index is 526. The standard InChI is InChI=1S/C14H17N3O/c1-10-3-5-12(6-4-10)7-17-8-13(9-17)14-15-11(2)18-16-14/h3-6,13H,7-9H2,1-2H3. The lowest BCUT2D eigenvalue weighted by Crippen LogP contribution is -2.44. The molecule has 0 unspecified atom stereocenters. The van der Waals surface area contributed by atoms with Gasteiger partial charge in [-0.15, -0.1) is 0 Å². The van der Waals surface area contributed by atoms with Crippen LogP contribution in [-0.4, -0.2) is 28.1 Å². The SMILES string of the molecule is Cc1ccc(CN2CC(c3noc(C)n3)C2)cc1. The molecule has 94 valence electrons. The number of benzene rings is 1. The van der Waals surface area contributed by atoms with Gasteiger partial charge in [0.25, 0.3) is 0 Å². The molecule has 1 aliphatic heterocycles. The maximum atomic E-state index is 5.01. The van der Waals surface area contributed by atoms with Crippen molar-refractivity contribution in [3.8, 4) is 0 Å². The molecule has 18 heavy (non-hydrogen) atoms. The maximum Gasteiger partial charge on any atom is 0.223 e. The smallest absolute Gasteiger partial charge is 0.223 e. The molecule has 0 radical (unpaired) electrons. The van der Waals surface area contributed by atoms with Crippen LogP contribution in [0.15, 0.2) is 28.8 Å². The lowest BCUT2D eigenvalue weighted by molar-refractivity contribution is 0.133. The summed E-state index contributed by atoms with van der Waals surface area (Å²) in [5.41, 5.74) is 2.67. The van der Waals surface area contributed by atoms with Crippen LogP contribution in [0.5, 0.6) is 0 Å². The summed E-state index contributed by atoms with van der Waals surface area (Å²) in [6, 6.07) is 8.71. The minimum atomic E-state index is 0.438. The Morgan fingerprint density at radius 1 is 1.22 bits per heavy atom. The molecule has 4 heteroatoms. The first-order chi connectivity index (χ1) is 8.70. The molecule has 2 aromatic rings. The predicted molar refractivity (Wildman–Crippen MR) is 68.2 cm³/mol. The molecule has 0 amide bonds. The van der Waals surface area contributed by atoms with Gasteiger partial charge in [0.15, 0.2) is 5.82 Å². The van der Waals surface area contributed by atoms with Crippen LogP contribution in [0.2, 0.25) is 0 Å². The van der Waals surface area contributed by atoms with Gasteiger partial charge in [0.1, 0.15) is 0 Å². The normalized spacial score (nSPS) is 16.8. The molecule has 0 N–H and O–H groups in total. The third-order valence-corrected chi connectivity index (χ3v) is 3.39. The Morgan fingerprint density at radius 2 is 1.94 bits per heavy atom. The molecule has 1 fully saturated rings. The van der Waals surface area contributed by atoms with Crippen LogP contribution in [0.1, 0.15) is 28.8 Å². The number of rotatable bonds is 3. The first-order valence-corrected chi connectivity index (χ1v) is 6.29. The van der Waals surface area contributed by atoms with Gasteiger partial charge in [-0.05, 0) is 12.5 Å². The van der Waals surface area contributed by atoms with Crippen LogP contribution in [0.3, 0.4) is 0 Å². The summed E-state index contributed by atoms with van der Waals surface area (Å²) in [6.45, 7) is 6.99. The highest BCUT2D eigenvalue weighted by Crippen LogP contribution is 2.26. The average Bonchev–Trinajstić information content (AvgIpc) is 2.72. The fraction of sp³-hybridized carbons (Fsp3) is 0.429. The quantitative estimate of drug-likeness (QED) is 0.829. The van der Waals surface area contributed by atoms with Crippen LogP contribution < -0.4 is 0 Å². The van der Waals surface area contributed by atoms with Crippen LogP contribution in [0.4, 0.5) is 0 Å². The van der Waals surface area contributed by atoms with E-state index in [1.54, 1.807) is 0 Å². The molecule has 4 nitrogen and oxygen atoms in total. The Kier molecular flexibility index (Phi) is 2.88. The minimum Gasteiger partial charge on any atom is -0.340 e. The van der Waals surface area contributed by atoms with Crippen molar-refractivity contribution in [1.82, 2.24) is 15.0 Å². The summed E-state index contributed by atoms with van der Waals surface area (Å²) in [6.07, 6.45) is 0. The van der Waals surface area contributed by atoms with Gasteiger partial charge < -0.3 is 4.52 Å². The van der Waals surface area contributed by atoms with Gasteiger partial charge in [-0.3, -0.25) is 4.90 Å². The zero-order valence-electron chi connectivity index (χ0n) is 10.8. The molecule has 1 saturated heterocycles. The summed E-state index contributed by atoms with van der Waals surface area (Å²) >= 11 is 0. The highest BCUT2D eigenvalue weighted by molar-refractivity contribution is 5.21. The second kappa shape index (κ2) is 4.53. The van der Waals surface area contributed by atoms with Gasteiger partial charge in [-0.1, -0.05) is 35.0 Å². The summed E-state index contributed by atoms with van der Waals surface area (Å²) in [5.74, 6) is 1.95. The van der Waals surface area contributed by atoms with Crippen molar-refractivity contribution in [3.05, 3.63) is 47.1 Å². The maximum absolute atomic E-state index is 5.01. The lowest BCUT2D eigenvalue weighted by atomic mass is 9.98. The molecule has 1 aromatic heterocycles. The van der Waals surface area contributed by atoms with Crippen molar-refractivity contribution in [2.75, 3.05) is 13.1 Å². The van der Waals surface area contributed by atoms with Gasteiger partial charge in [0, 0.05) is 32.5 Å². The summed E-state index contributed by atoms with van der Waals surface area (Å²) < 4.78 is 5.01. The fourth-order valence-electron chi connectivity index (χ4n) is 2.29. The number of hydrogen-bond donors (Lipinski definition) is 0. The molecule has 1 aromatic carbocycles. The van der Waals surface area contributed by atoms with E-state index in [4.69, 9.17) is 4.52 Å². The van der Waals surface area contributed by atoms with E-state index in [2.05, 4.69) is 46.2 Å². The van der Waals surface area contributed by atoms with Crippen molar-refractivity contribution < 1.29 is 4.52 Å². The van der Waals surface area contributed by atoms with E-state index in [0.29, 0.717) is 11.8 Å². The van der Waals surface area contributed by atoms with Crippen LogP contribution in [-0.2, 0) is 6.54 Å². The first kappa shape index (κ1) is 11.4.